The molecule has 0 aliphatic carbocycles. The molecule has 6 heteroatoms. The van der Waals surface area contributed by atoms with E-state index in [1.807, 2.05) is 36.4 Å². The number of fused-ring (bicyclic) bond motifs is 1. The van der Waals surface area contributed by atoms with Crippen molar-refractivity contribution in [3.05, 3.63) is 42.7 Å². The zero-order valence-electron chi connectivity index (χ0n) is 10.3. The molecule has 0 aliphatic heterocycles. The molecule has 0 saturated heterocycles. The maximum absolute atomic E-state index is 10.6. The first-order valence-electron chi connectivity index (χ1n) is 5.86. The summed E-state index contributed by atoms with van der Waals surface area (Å²) < 4.78 is 0. The zero-order chi connectivity index (χ0) is 13.9. The van der Waals surface area contributed by atoms with Crippen LogP contribution in [-0.4, -0.2) is 21.7 Å². The molecule has 0 amide bonds. The van der Waals surface area contributed by atoms with Crippen LogP contribution >= 0.6 is 23.1 Å². The molecule has 0 spiro atoms. The van der Waals surface area contributed by atoms with Gasteiger partial charge in [0, 0.05) is 16.0 Å². The van der Waals surface area contributed by atoms with Gasteiger partial charge in [0.2, 0.25) is 0 Å². The Labute approximate surface area is 123 Å². The molecule has 20 heavy (non-hydrogen) atoms. The van der Waals surface area contributed by atoms with Crippen LogP contribution in [0.25, 0.3) is 20.7 Å². The van der Waals surface area contributed by atoms with E-state index in [0.717, 1.165) is 32.4 Å². The van der Waals surface area contributed by atoms with Crippen molar-refractivity contribution in [1.82, 2.24) is 9.97 Å². The van der Waals surface area contributed by atoms with E-state index >= 15 is 0 Å². The number of aromatic nitrogens is 2. The molecule has 0 saturated carbocycles. The lowest BCUT2D eigenvalue weighted by Gasteiger charge is -2.01. The highest BCUT2D eigenvalue weighted by atomic mass is 32.2. The Morgan fingerprint density at radius 3 is 2.80 bits per heavy atom. The maximum Gasteiger partial charge on any atom is 0.128 e. The summed E-state index contributed by atoms with van der Waals surface area (Å²) in [4.78, 5) is 20.9. The third-order valence-corrected chi connectivity index (χ3v) is 4.75. The molecule has 0 N–H and O–H groups in total. The molecule has 2 heterocycles. The molecule has 1 aromatic carbocycles. The van der Waals surface area contributed by atoms with Crippen LogP contribution in [0, 0.1) is 0 Å². The monoisotopic (exact) mass is 301 g/mol. The van der Waals surface area contributed by atoms with Crippen molar-refractivity contribution in [3.63, 3.8) is 0 Å². The van der Waals surface area contributed by atoms with Gasteiger partial charge in [0.05, 0.1) is 5.97 Å². The maximum atomic E-state index is 10.6. The second-order valence-corrected chi connectivity index (χ2v) is 6.03. The van der Waals surface area contributed by atoms with E-state index in [-0.39, 0.29) is 5.75 Å². The summed E-state index contributed by atoms with van der Waals surface area (Å²) in [5.74, 6) is -1.21. The van der Waals surface area contributed by atoms with Gasteiger partial charge in [0.25, 0.3) is 0 Å². The summed E-state index contributed by atoms with van der Waals surface area (Å²) in [5.41, 5.74) is 1.12. The molecule has 0 aliphatic rings. The Bertz CT molecular complexity index is 756. The predicted octanol–water partition coefficient (Wildman–Crippen LogP) is 2.20. The minimum Gasteiger partial charge on any atom is -0.549 e. The van der Waals surface area contributed by atoms with Crippen molar-refractivity contribution < 1.29 is 9.90 Å². The van der Waals surface area contributed by atoms with Crippen molar-refractivity contribution >= 4 is 39.3 Å². The Kier molecular flexibility index (Phi) is 3.66. The molecule has 100 valence electrons. The lowest BCUT2D eigenvalue weighted by atomic mass is 10.2. The van der Waals surface area contributed by atoms with Crippen LogP contribution in [0.15, 0.2) is 47.8 Å². The smallest absolute Gasteiger partial charge is 0.128 e. The van der Waals surface area contributed by atoms with E-state index in [1.54, 1.807) is 11.3 Å². The van der Waals surface area contributed by atoms with Crippen LogP contribution in [0.5, 0.6) is 0 Å². The molecular formula is C14H9N2O2S2-. The molecular weight excluding hydrogens is 292 g/mol. The van der Waals surface area contributed by atoms with E-state index in [0.29, 0.717) is 5.03 Å². The Morgan fingerprint density at radius 2 is 2.05 bits per heavy atom. The van der Waals surface area contributed by atoms with Gasteiger partial charge in [-0.2, -0.15) is 0 Å². The summed E-state index contributed by atoms with van der Waals surface area (Å²) >= 11 is 2.73. The first kappa shape index (κ1) is 13.1. The predicted molar refractivity (Wildman–Crippen MR) is 78.6 cm³/mol. The van der Waals surface area contributed by atoms with E-state index in [9.17, 15) is 9.90 Å². The van der Waals surface area contributed by atoms with Crippen molar-refractivity contribution in [2.24, 2.45) is 0 Å². The first-order chi connectivity index (χ1) is 9.74. The van der Waals surface area contributed by atoms with Crippen LogP contribution in [0.4, 0.5) is 0 Å². The van der Waals surface area contributed by atoms with Crippen LogP contribution in [0.2, 0.25) is 0 Å². The molecule has 3 rings (SSSR count). The number of carbonyl (C=O) groups excluding carboxylic acids is 1. The van der Waals surface area contributed by atoms with Crippen molar-refractivity contribution in [2.75, 3.05) is 5.75 Å². The number of hydrogen-bond donors (Lipinski definition) is 0. The highest BCUT2D eigenvalue weighted by Gasteiger charge is 2.10. The summed E-state index contributed by atoms with van der Waals surface area (Å²) in [6.45, 7) is 0. The highest BCUT2D eigenvalue weighted by Crippen LogP contribution is 2.35. The second kappa shape index (κ2) is 5.60. The molecule has 4 nitrogen and oxygen atoms in total. The van der Waals surface area contributed by atoms with Gasteiger partial charge in [-0.25, -0.2) is 9.97 Å². The minimum absolute atomic E-state index is 0.109. The Hall–Kier alpha value is -1.92. The van der Waals surface area contributed by atoms with Crippen LogP contribution in [-0.2, 0) is 4.79 Å². The largest absolute Gasteiger partial charge is 0.549 e. The highest BCUT2D eigenvalue weighted by molar-refractivity contribution is 8.00. The number of hydrogen-bond acceptors (Lipinski definition) is 6. The van der Waals surface area contributed by atoms with Gasteiger partial charge in [-0.3, -0.25) is 0 Å². The van der Waals surface area contributed by atoms with E-state index in [2.05, 4.69) is 9.97 Å². The first-order valence-corrected chi connectivity index (χ1v) is 7.67. The Morgan fingerprint density at radius 1 is 1.25 bits per heavy atom. The number of carboxylic acid groups (broad SMARTS) is 1. The second-order valence-electron chi connectivity index (χ2n) is 4.04. The molecule has 0 radical (unpaired) electrons. The van der Waals surface area contributed by atoms with E-state index in [4.69, 9.17) is 0 Å². The molecule has 0 atom stereocenters. The van der Waals surface area contributed by atoms with Gasteiger partial charge in [-0.15, -0.1) is 11.3 Å². The minimum atomic E-state index is -1.10. The normalized spacial score (nSPS) is 10.8. The Balaban J connectivity index is 2.02. The molecule has 0 fully saturated rings. The quantitative estimate of drug-likeness (QED) is 0.546. The lowest BCUT2D eigenvalue weighted by Crippen LogP contribution is -2.24. The number of aliphatic carboxylic acids is 1. The van der Waals surface area contributed by atoms with Gasteiger partial charge in [-0.05, 0) is 11.6 Å². The average Bonchev–Trinajstić information content (AvgIpc) is 2.90. The van der Waals surface area contributed by atoms with Crippen LogP contribution in [0.3, 0.4) is 0 Å². The van der Waals surface area contributed by atoms with Crippen molar-refractivity contribution in [2.45, 2.75) is 5.03 Å². The number of thiophene rings is 1. The SMILES string of the molecule is O=C([O-])CSc1ncnc2sc(-c3ccccc3)cc12. The lowest BCUT2D eigenvalue weighted by molar-refractivity contribution is -0.301. The molecule has 2 aromatic heterocycles. The van der Waals surface area contributed by atoms with E-state index in [1.165, 1.54) is 6.33 Å². The molecule has 3 aromatic rings. The van der Waals surface area contributed by atoms with Gasteiger partial charge in [0.1, 0.15) is 16.2 Å². The molecule has 0 bridgehead atoms. The fourth-order valence-electron chi connectivity index (χ4n) is 1.82. The van der Waals surface area contributed by atoms with E-state index < -0.39 is 5.97 Å². The third kappa shape index (κ3) is 2.66. The van der Waals surface area contributed by atoms with Crippen LogP contribution in [0.1, 0.15) is 0 Å². The number of rotatable bonds is 4. The van der Waals surface area contributed by atoms with Crippen LogP contribution < -0.4 is 5.11 Å². The third-order valence-electron chi connectivity index (χ3n) is 2.68. The number of thioether (sulfide) groups is 1. The molecule has 0 unspecified atom stereocenters. The average molecular weight is 301 g/mol. The number of nitrogens with zero attached hydrogens (tertiary/aromatic N) is 2. The fraction of sp³-hybridized carbons (Fsp3) is 0.0714. The standard InChI is InChI=1S/C14H10N2O2S2/c17-12(18)7-19-13-10-6-11(9-4-2-1-3-5-9)20-14(10)16-8-15-13/h1-6,8H,7H2,(H,17,18)/p-1. The number of carboxylic acids is 1. The topological polar surface area (TPSA) is 65.9 Å². The number of benzene rings is 1. The van der Waals surface area contributed by atoms with Gasteiger partial charge in [0.15, 0.2) is 0 Å². The summed E-state index contributed by atoms with van der Waals surface area (Å²) in [7, 11) is 0. The summed E-state index contributed by atoms with van der Waals surface area (Å²) in [6, 6.07) is 12.0. The van der Waals surface area contributed by atoms with Crippen molar-refractivity contribution in [3.8, 4) is 10.4 Å². The van der Waals surface area contributed by atoms with Gasteiger partial charge in [-0.1, -0.05) is 42.1 Å². The fourth-order valence-corrected chi connectivity index (χ4v) is 3.58. The summed E-state index contributed by atoms with van der Waals surface area (Å²) in [6.07, 6.45) is 1.46. The summed E-state index contributed by atoms with van der Waals surface area (Å²) in [5, 5.41) is 12.1. The zero-order valence-corrected chi connectivity index (χ0v) is 11.9. The number of carbonyl (C=O) groups is 1. The van der Waals surface area contributed by atoms with Gasteiger partial charge >= 0.3 is 0 Å². The van der Waals surface area contributed by atoms with Gasteiger partial charge < -0.3 is 9.90 Å². The van der Waals surface area contributed by atoms with Crippen molar-refractivity contribution in [1.29, 1.82) is 0 Å².